The molecule has 12 aromatic rings. The summed E-state index contributed by atoms with van der Waals surface area (Å²) in [5.41, 5.74) is 6.72. The van der Waals surface area contributed by atoms with E-state index in [1.54, 1.807) is 11.3 Å². The van der Waals surface area contributed by atoms with Crippen LogP contribution in [0.1, 0.15) is 33.4 Å². The number of halogens is 1. The normalized spacial score (nSPS) is 13.9. The monoisotopic (exact) mass is 1120 g/mol. The molecule has 0 fully saturated rings. The van der Waals surface area contributed by atoms with E-state index in [1.807, 2.05) is 68.2 Å². The summed E-state index contributed by atoms with van der Waals surface area (Å²) in [4.78, 5) is 15.4. The molecule has 69 heavy (non-hydrogen) atoms. The summed E-state index contributed by atoms with van der Waals surface area (Å²) in [7, 11) is -1.98. The average molecular weight is 1120 g/mol. The summed E-state index contributed by atoms with van der Waals surface area (Å²) >= 11 is 1.57. The van der Waals surface area contributed by atoms with Crippen LogP contribution in [-0.4, -0.2) is 27.6 Å². The second kappa shape index (κ2) is 18.9. The minimum atomic E-state index is -2.61. The van der Waals surface area contributed by atoms with E-state index >= 15 is 0 Å². The van der Waals surface area contributed by atoms with Gasteiger partial charge < -0.3 is 9.55 Å². The molecule has 8 heteroatoms. The molecule has 1 radical (unpaired) electrons. The summed E-state index contributed by atoms with van der Waals surface area (Å²) < 4.78 is 81.5. The van der Waals surface area contributed by atoms with Crippen molar-refractivity contribution in [2.24, 2.45) is 0 Å². The SMILES string of the molecule is [2H]C([2H])([2H])c1cc(-c2[c-]ccc(C([2H])([2H])[2H])c2F)ncc1[Si](C)(C)C.[2H]C([2H])(c1ccccc1)c1ccc2c(n1)sc1c(-c3nc4c5ccccc5ccc4n3-c3c(-c4ccccc4)ccc4ccccc34)[c-]ccc12.[Ir]. The summed E-state index contributed by atoms with van der Waals surface area (Å²) in [6, 6.07) is 63.5. The quantitative estimate of drug-likeness (QED) is 0.118. The molecule has 0 saturated heterocycles. The number of rotatable bonds is 7. The Labute approximate surface area is 431 Å². The van der Waals surface area contributed by atoms with Crippen LogP contribution in [0.2, 0.25) is 19.6 Å². The Morgan fingerprint density at radius 2 is 1.35 bits per heavy atom. The van der Waals surface area contributed by atoms with Gasteiger partial charge in [-0.05, 0) is 61.9 Å². The topological polar surface area (TPSA) is 43.6 Å². The number of benzene rings is 8. The fourth-order valence-corrected chi connectivity index (χ4v) is 11.4. The number of fused-ring (bicyclic) bond motifs is 7. The molecule has 8 aromatic carbocycles. The van der Waals surface area contributed by atoms with Crippen molar-refractivity contribution in [3.8, 4) is 39.5 Å². The van der Waals surface area contributed by atoms with Gasteiger partial charge in [-0.1, -0.05) is 194 Å². The average Bonchev–Trinajstić information content (AvgIpc) is 4.13. The zero-order valence-electron chi connectivity index (χ0n) is 45.7. The van der Waals surface area contributed by atoms with E-state index in [4.69, 9.17) is 20.9 Å². The number of imidazole rings is 1. The van der Waals surface area contributed by atoms with Gasteiger partial charge >= 0.3 is 0 Å². The minimum absolute atomic E-state index is 0. The van der Waals surface area contributed by atoms with Crippen LogP contribution in [0.3, 0.4) is 0 Å². The molecule has 0 N–H and O–H groups in total. The molecule has 4 aromatic heterocycles. The summed E-state index contributed by atoms with van der Waals surface area (Å²) in [6.07, 6.45) is -0.267. The Bertz CT molecular complexity index is 4200. The molecule has 0 aliphatic heterocycles. The standard InChI is InChI=1S/C45H28N3S.C16H19FNSi.Ir/c1-3-12-29(13-4-1)28-33-24-26-38-37-20-11-21-39(43(37)49-45(38)46-33)44-47-41-34-18-9-7-16-31(34)23-27-40(41)48(44)42-35-19-10-8-17-32(35)22-25-36(42)30-14-5-2-6-15-30;1-11-7-6-8-13(16(11)17)14-9-12(2)15(10-18-14)19(3,4)5;/h1-20,22-27H,28H2;6-7,9-10H,1-5H3;/q2*-1;/i28D2;1D3,2D3;. The van der Waals surface area contributed by atoms with Gasteiger partial charge in [-0.25, -0.2) is 4.98 Å². The van der Waals surface area contributed by atoms with E-state index in [0.29, 0.717) is 16.4 Å². The first-order valence-corrected chi connectivity index (χ1v) is 26.6. The smallest absolute Gasteiger partial charge is 0.114 e. The van der Waals surface area contributed by atoms with Crippen molar-refractivity contribution in [1.29, 1.82) is 0 Å². The van der Waals surface area contributed by atoms with Crippen molar-refractivity contribution in [3.63, 3.8) is 0 Å². The Hall–Kier alpha value is -6.93. The first-order valence-electron chi connectivity index (χ1n) is 26.3. The number of nitrogens with zero attached hydrogens (tertiary/aromatic N) is 4. The largest absolute Gasteiger partial charge is 0.332 e. The zero-order chi connectivity index (χ0) is 53.3. The van der Waals surface area contributed by atoms with Crippen molar-refractivity contribution in [2.45, 2.75) is 39.7 Å². The molecule has 0 bridgehead atoms. The maximum absolute atomic E-state index is 14.7. The van der Waals surface area contributed by atoms with Crippen LogP contribution in [0.5, 0.6) is 0 Å². The molecule has 4 heterocycles. The number of hydrogen-bond donors (Lipinski definition) is 0. The third kappa shape index (κ3) is 8.64. The van der Waals surface area contributed by atoms with Gasteiger partial charge in [0.15, 0.2) is 0 Å². The van der Waals surface area contributed by atoms with Crippen LogP contribution in [0, 0.1) is 31.7 Å². The van der Waals surface area contributed by atoms with Gasteiger partial charge in [0.05, 0.1) is 30.6 Å². The van der Waals surface area contributed by atoms with Gasteiger partial charge in [0.25, 0.3) is 0 Å². The molecule has 0 amide bonds. The number of pyridine rings is 2. The molecular weight excluding hydrogens is 1060 g/mol. The molecule has 0 aliphatic rings. The zero-order valence-corrected chi connectivity index (χ0v) is 41.9. The van der Waals surface area contributed by atoms with E-state index in [-0.39, 0.29) is 36.9 Å². The molecule has 339 valence electrons. The maximum atomic E-state index is 14.7. The summed E-state index contributed by atoms with van der Waals surface area (Å²) in [5, 5.41) is 7.21. The molecule has 0 aliphatic carbocycles. The summed E-state index contributed by atoms with van der Waals surface area (Å²) in [5.74, 6) is -0.154. The molecule has 0 saturated carbocycles. The van der Waals surface area contributed by atoms with Crippen molar-refractivity contribution < 1.29 is 35.5 Å². The third-order valence-electron chi connectivity index (χ3n) is 12.2. The van der Waals surface area contributed by atoms with Gasteiger partial charge in [-0.3, -0.25) is 9.37 Å². The molecule has 4 nitrogen and oxygen atoms in total. The van der Waals surface area contributed by atoms with Gasteiger partial charge in [0, 0.05) is 71.5 Å². The van der Waals surface area contributed by atoms with E-state index in [9.17, 15) is 4.39 Å². The van der Waals surface area contributed by atoms with Crippen molar-refractivity contribution in [3.05, 3.63) is 222 Å². The van der Waals surface area contributed by atoms with Crippen molar-refractivity contribution in [2.75, 3.05) is 0 Å². The van der Waals surface area contributed by atoms with Crippen LogP contribution in [0.4, 0.5) is 4.39 Å². The maximum Gasteiger partial charge on any atom is 0.114 e. The number of aromatic nitrogens is 4. The van der Waals surface area contributed by atoms with E-state index in [2.05, 4.69) is 131 Å². The van der Waals surface area contributed by atoms with E-state index < -0.39 is 39.5 Å². The molecule has 0 atom stereocenters. The van der Waals surface area contributed by atoms with Gasteiger partial charge in [-0.15, -0.1) is 36.4 Å². The van der Waals surface area contributed by atoms with Crippen molar-refractivity contribution in [1.82, 2.24) is 19.5 Å². The predicted octanol–water partition coefficient (Wildman–Crippen LogP) is 15.7. The minimum Gasteiger partial charge on any atom is -0.332 e. The second-order valence-electron chi connectivity index (χ2n) is 17.7. The Morgan fingerprint density at radius 3 is 2.12 bits per heavy atom. The van der Waals surface area contributed by atoms with Gasteiger partial charge in [0.1, 0.15) is 4.83 Å². The van der Waals surface area contributed by atoms with Crippen LogP contribution >= 0.6 is 11.3 Å². The van der Waals surface area contributed by atoms with Crippen LogP contribution in [-0.2, 0) is 26.5 Å². The first-order chi connectivity index (χ1) is 36.3. The number of aryl methyl sites for hydroxylation is 2. The number of thiophene rings is 1. The fourth-order valence-electron chi connectivity index (χ4n) is 8.94. The summed E-state index contributed by atoms with van der Waals surface area (Å²) in [6.45, 7) is 1.02. The van der Waals surface area contributed by atoms with Crippen molar-refractivity contribution >= 4 is 77.5 Å². The molecule has 0 spiro atoms. The third-order valence-corrected chi connectivity index (χ3v) is 15.4. The van der Waals surface area contributed by atoms with Gasteiger partial charge in [0.2, 0.25) is 0 Å². The van der Waals surface area contributed by atoms with E-state index in [1.165, 1.54) is 18.3 Å². The fraction of sp³-hybridized carbons (Fsp3) is 0.0984. The Kier molecular flexibility index (Phi) is 10.1. The Balaban J connectivity index is 0.000000220. The molecule has 0 unspecified atom stereocenters. The van der Waals surface area contributed by atoms with Crippen LogP contribution in [0.15, 0.2) is 182 Å². The first kappa shape index (κ1) is 37.0. The number of hydrogen-bond acceptors (Lipinski definition) is 4. The van der Waals surface area contributed by atoms with E-state index in [0.717, 1.165) is 87.1 Å². The van der Waals surface area contributed by atoms with Crippen LogP contribution in [0.25, 0.3) is 92.3 Å². The molecular formula is C61H47FIrN4SSi-2. The van der Waals surface area contributed by atoms with Crippen LogP contribution < -0.4 is 5.19 Å². The second-order valence-corrected chi connectivity index (χ2v) is 23.7. The van der Waals surface area contributed by atoms with Gasteiger partial charge in [-0.2, -0.15) is 11.3 Å². The predicted molar refractivity (Wildman–Crippen MR) is 287 cm³/mol. The molecule has 12 rings (SSSR count). The Morgan fingerprint density at radius 1 is 0.667 bits per heavy atom.